The van der Waals surface area contributed by atoms with Gasteiger partial charge >= 0.3 is 0 Å². The predicted molar refractivity (Wildman–Crippen MR) is 122 cm³/mol. The minimum atomic E-state index is -1.16. The molecule has 1 aromatic carbocycles. The van der Waals surface area contributed by atoms with Gasteiger partial charge in [-0.05, 0) is 69.5 Å². The number of rotatable bonds is 4. The fourth-order valence-electron chi connectivity index (χ4n) is 3.74. The van der Waals surface area contributed by atoms with E-state index in [-0.39, 0.29) is 18.4 Å². The van der Waals surface area contributed by atoms with Crippen molar-refractivity contribution in [2.75, 3.05) is 12.0 Å². The van der Waals surface area contributed by atoms with Crippen LogP contribution < -0.4 is 15.0 Å². The lowest BCUT2D eigenvalue weighted by Gasteiger charge is -2.44. The Kier molecular flexibility index (Phi) is 5.13. The second-order valence-electron chi connectivity index (χ2n) is 8.87. The summed E-state index contributed by atoms with van der Waals surface area (Å²) in [5.41, 5.74) is 0.211. The van der Waals surface area contributed by atoms with Crippen LogP contribution in [0.1, 0.15) is 38.2 Å². The summed E-state index contributed by atoms with van der Waals surface area (Å²) in [5, 5.41) is 9.67. The first-order valence-electron chi connectivity index (χ1n) is 10.1. The summed E-state index contributed by atoms with van der Waals surface area (Å²) in [6.45, 7) is 7.79. The number of hydrogen-bond donors (Lipinski definition) is 1. The zero-order valence-electron chi connectivity index (χ0n) is 18.3. The van der Waals surface area contributed by atoms with Crippen LogP contribution in [-0.2, 0) is 11.3 Å². The van der Waals surface area contributed by atoms with Crippen molar-refractivity contribution in [1.82, 2.24) is 15.1 Å². The highest BCUT2D eigenvalue weighted by atomic mass is 32.1. The van der Waals surface area contributed by atoms with E-state index >= 15 is 0 Å². The Hall–Kier alpha value is -3.13. The van der Waals surface area contributed by atoms with Crippen LogP contribution in [0.4, 0.5) is 5.69 Å². The molecule has 0 aliphatic carbocycles. The summed E-state index contributed by atoms with van der Waals surface area (Å²) < 4.78 is 6.91. The Bertz CT molecular complexity index is 1110. The van der Waals surface area contributed by atoms with Gasteiger partial charge in [0.05, 0.1) is 18.5 Å². The Morgan fingerprint density at radius 2 is 1.94 bits per heavy atom. The Morgan fingerprint density at radius 1 is 1.23 bits per heavy atom. The van der Waals surface area contributed by atoms with Crippen LogP contribution in [0.3, 0.4) is 0 Å². The predicted octanol–water partition coefficient (Wildman–Crippen LogP) is 3.95. The van der Waals surface area contributed by atoms with Gasteiger partial charge in [0.2, 0.25) is 5.91 Å². The summed E-state index contributed by atoms with van der Waals surface area (Å²) in [7, 11) is 1.59. The lowest BCUT2D eigenvalue weighted by atomic mass is 9.92. The molecular formula is C23H26N4O3S. The molecule has 2 aromatic heterocycles. The van der Waals surface area contributed by atoms with E-state index in [9.17, 15) is 9.59 Å². The second kappa shape index (κ2) is 7.53. The summed E-state index contributed by atoms with van der Waals surface area (Å²) in [4.78, 5) is 29.7. The number of thiophene rings is 1. The second-order valence-corrected chi connectivity index (χ2v) is 9.81. The molecule has 0 spiro atoms. The molecule has 1 aliphatic rings. The van der Waals surface area contributed by atoms with Gasteiger partial charge in [0.1, 0.15) is 22.7 Å². The van der Waals surface area contributed by atoms with Crippen LogP contribution in [0.5, 0.6) is 5.75 Å². The highest BCUT2D eigenvalue weighted by Gasteiger charge is 2.49. The molecule has 0 saturated carbocycles. The van der Waals surface area contributed by atoms with E-state index in [2.05, 4.69) is 10.4 Å². The van der Waals surface area contributed by atoms with Crippen LogP contribution in [0.15, 0.2) is 47.8 Å². The maximum Gasteiger partial charge on any atom is 0.277 e. The average molecular weight is 439 g/mol. The SMILES string of the molecule is COc1ccc(N2C(=O)c3cc(-c4cccs4)nn3CC2(C)C(=O)NC(C)(C)C)cc1. The molecule has 3 heterocycles. The van der Waals surface area contributed by atoms with Crippen molar-refractivity contribution in [1.29, 1.82) is 0 Å². The molecular weight excluding hydrogens is 412 g/mol. The van der Waals surface area contributed by atoms with E-state index in [1.165, 1.54) is 0 Å². The number of carbonyl (C=O) groups is 2. The molecule has 0 saturated heterocycles. The van der Waals surface area contributed by atoms with E-state index in [0.717, 1.165) is 10.6 Å². The normalized spacial score (nSPS) is 18.6. The van der Waals surface area contributed by atoms with Gasteiger partial charge in [-0.3, -0.25) is 19.2 Å². The Morgan fingerprint density at radius 3 is 2.52 bits per heavy atom. The summed E-state index contributed by atoms with van der Waals surface area (Å²) in [6, 6.07) is 12.9. The standard InChI is InChI=1S/C23H26N4O3S/c1-22(2,3)24-21(29)23(4)14-26-18(13-17(25-26)19-7-6-12-31-19)20(28)27(23)15-8-10-16(30-5)11-9-15/h6-13H,14H2,1-5H3,(H,24,29). The first-order chi connectivity index (χ1) is 14.6. The van der Waals surface area contributed by atoms with Gasteiger partial charge in [-0.15, -0.1) is 11.3 Å². The molecule has 7 nitrogen and oxygen atoms in total. The molecule has 0 radical (unpaired) electrons. The minimum absolute atomic E-state index is 0.233. The van der Waals surface area contributed by atoms with Gasteiger partial charge in [0, 0.05) is 11.2 Å². The first kappa shape index (κ1) is 21.1. The number of aromatic nitrogens is 2. The minimum Gasteiger partial charge on any atom is -0.497 e. The molecule has 1 unspecified atom stereocenters. The van der Waals surface area contributed by atoms with E-state index in [4.69, 9.17) is 4.74 Å². The molecule has 0 bridgehead atoms. The zero-order chi connectivity index (χ0) is 22.4. The smallest absolute Gasteiger partial charge is 0.277 e. The number of ether oxygens (including phenoxy) is 1. The quantitative estimate of drug-likeness (QED) is 0.669. The van der Waals surface area contributed by atoms with E-state index < -0.39 is 11.1 Å². The van der Waals surface area contributed by atoms with E-state index in [1.54, 1.807) is 65.3 Å². The van der Waals surface area contributed by atoms with Crippen LogP contribution in [0.25, 0.3) is 10.6 Å². The third kappa shape index (κ3) is 3.83. The van der Waals surface area contributed by atoms with Crippen LogP contribution in [-0.4, -0.2) is 39.8 Å². The molecule has 1 atom stereocenters. The molecule has 1 aliphatic heterocycles. The average Bonchev–Trinajstić information content (AvgIpc) is 3.37. The number of nitrogens with one attached hydrogen (secondary N) is 1. The third-order valence-corrected chi connectivity index (χ3v) is 6.13. The number of carbonyl (C=O) groups excluding carboxylic acids is 2. The maximum atomic E-state index is 13.7. The fourth-order valence-corrected chi connectivity index (χ4v) is 4.42. The molecule has 3 aromatic rings. The highest BCUT2D eigenvalue weighted by molar-refractivity contribution is 7.13. The van der Waals surface area contributed by atoms with Gasteiger partial charge in [0.25, 0.3) is 5.91 Å². The molecule has 0 fully saturated rings. The van der Waals surface area contributed by atoms with E-state index in [1.807, 2.05) is 38.3 Å². The van der Waals surface area contributed by atoms with Gasteiger partial charge in [0.15, 0.2) is 0 Å². The van der Waals surface area contributed by atoms with Crippen molar-refractivity contribution in [2.24, 2.45) is 0 Å². The number of amides is 2. The maximum absolute atomic E-state index is 13.7. The summed E-state index contributed by atoms with van der Waals surface area (Å²) >= 11 is 1.56. The fraction of sp³-hybridized carbons (Fsp3) is 0.348. The van der Waals surface area contributed by atoms with E-state index in [0.29, 0.717) is 17.1 Å². The summed E-state index contributed by atoms with van der Waals surface area (Å²) in [6.07, 6.45) is 0. The first-order valence-corrected chi connectivity index (χ1v) is 10.9. The molecule has 1 N–H and O–H groups in total. The number of methoxy groups -OCH3 is 1. The number of nitrogens with zero attached hydrogens (tertiary/aromatic N) is 3. The highest BCUT2D eigenvalue weighted by Crippen LogP contribution is 2.35. The van der Waals surface area contributed by atoms with Crippen molar-refractivity contribution in [3.05, 3.63) is 53.5 Å². The molecule has 162 valence electrons. The summed E-state index contributed by atoms with van der Waals surface area (Å²) in [5.74, 6) is 0.181. The number of fused-ring (bicyclic) bond motifs is 1. The lowest BCUT2D eigenvalue weighted by Crippen LogP contribution is -2.66. The monoisotopic (exact) mass is 438 g/mol. The molecule has 8 heteroatoms. The van der Waals surface area contributed by atoms with Crippen LogP contribution in [0, 0.1) is 0 Å². The van der Waals surface area contributed by atoms with Gasteiger partial charge in [-0.2, -0.15) is 5.10 Å². The van der Waals surface area contributed by atoms with Gasteiger partial charge in [-0.1, -0.05) is 6.07 Å². The van der Waals surface area contributed by atoms with Crippen molar-refractivity contribution >= 4 is 28.8 Å². The van der Waals surface area contributed by atoms with Crippen LogP contribution >= 0.6 is 11.3 Å². The largest absolute Gasteiger partial charge is 0.497 e. The van der Waals surface area contributed by atoms with Crippen molar-refractivity contribution in [2.45, 2.75) is 45.3 Å². The topological polar surface area (TPSA) is 76.5 Å². The van der Waals surface area contributed by atoms with Crippen molar-refractivity contribution in [3.63, 3.8) is 0 Å². The van der Waals surface area contributed by atoms with Crippen LogP contribution in [0.2, 0.25) is 0 Å². The van der Waals surface area contributed by atoms with Gasteiger partial charge in [-0.25, -0.2) is 0 Å². The molecule has 4 rings (SSSR count). The van der Waals surface area contributed by atoms with Gasteiger partial charge < -0.3 is 10.1 Å². The number of anilines is 1. The Labute approximate surface area is 185 Å². The molecule has 2 amide bonds. The van der Waals surface area contributed by atoms with Crippen molar-refractivity contribution in [3.8, 4) is 16.3 Å². The van der Waals surface area contributed by atoms with Crippen molar-refractivity contribution < 1.29 is 14.3 Å². The molecule has 31 heavy (non-hydrogen) atoms. The zero-order valence-corrected chi connectivity index (χ0v) is 19.1. The Balaban J connectivity index is 1.82. The number of benzene rings is 1. The number of hydrogen-bond acceptors (Lipinski definition) is 5. The lowest BCUT2D eigenvalue weighted by molar-refractivity contribution is -0.128. The third-order valence-electron chi connectivity index (χ3n) is 5.24.